The molecule has 1 heterocycles. The Labute approximate surface area is 110 Å². The SMILES string of the molecule is CC(C)(C)OC(=O)C1CCCC2(CCNN2)CC1. The van der Waals surface area contributed by atoms with E-state index in [1.807, 2.05) is 20.8 Å². The first-order valence-electron chi connectivity index (χ1n) is 7.13. The van der Waals surface area contributed by atoms with Gasteiger partial charge >= 0.3 is 5.97 Å². The predicted molar refractivity (Wildman–Crippen MR) is 70.9 cm³/mol. The Kier molecular flexibility index (Phi) is 3.97. The number of hydrogen-bond acceptors (Lipinski definition) is 4. The summed E-state index contributed by atoms with van der Waals surface area (Å²) in [4.78, 5) is 12.1. The van der Waals surface area contributed by atoms with Crippen LogP contribution in [0.4, 0.5) is 0 Å². The molecule has 1 aliphatic carbocycles. The molecule has 0 radical (unpaired) electrons. The standard InChI is InChI=1S/C14H26N2O2/c1-13(2,3)18-12(17)11-5-4-7-14(8-6-11)9-10-15-16-14/h11,15-16H,4-10H2,1-3H3. The quantitative estimate of drug-likeness (QED) is 0.704. The van der Waals surface area contributed by atoms with E-state index in [4.69, 9.17) is 4.74 Å². The maximum atomic E-state index is 12.1. The number of nitrogens with one attached hydrogen (secondary N) is 2. The molecule has 1 spiro atoms. The summed E-state index contributed by atoms with van der Waals surface area (Å²) in [5.74, 6) is 0.0801. The third-order valence-electron chi connectivity index (χ3n) is 4.00. The van der Waals surface area contributed by atoms with E-state index in [0.29, 0.717) is 0 Å². The molecular formula is C14H26N2O2. The Hall–Kier alpha value is -0.610. The van der Waals surface area contributed by atoms with Crippen LogP contribution >= 0.6 is 0 Å². The van der Waals surface area contributed by atoms with Crippen LogP contribution in [-0.2, 0) is 9.53 Å². The highest BCUT2D eigenvalue weighted by Crippen LogP contribution is 2.34. The molecule has 1 saturated carbocycles. The molecule has 2 N–H and O–H groups in total. The van der Waals surface area contributed by atoms with E-state index < -0.39 is 0 Å². The first-order valence-corrected chi connectivity index (χ1v) is 7.13. The lowest BCUT2D eigenvalue weighted by molar-refractivity contribution is -0.160. The van der Waals surface area contributed by atoms with E-state index in [1.165, 1.54) is 12.8 Å². The molecule has 18 heavy (non-hydrogen) atoms. The van der Waals surface area contributed by atoms with Gasteiger partial charge in [0.15, 0.2) is 0 Å². The number of hydrogen-bond donors (Lipinski definition) is 2. The summed E-state index contributed by atoms with van der Waals surface area (Å²) in [6.45, 7) is 6.85. The summed E-state index contributed by atoms with van der Waals surface area (Å²) in [7, 11) is 0. The van der Waals surface area contributed by atoms with Crippen molar-refractivity contribution < 1.29 is 9.53 Å². The second kappa shape index (κ2) is 5.17. The van der Waals surface area contributed by atoms with Gasteiger partial charge in [0.1, 0.15) is 5.60 Å². The summed E-state index contributed by atoms with van der Waals surface area (Å²) in [5.41, 5.74) is 6.51. The maximum absolute atomic E-state index is 12.1. The average molecular weight is 254 g/mol. The molecule has 0 bridgehead atoms. The topological polar surface area (TPSA) is 50.4 Å². The molecule has 1 aliphatic heterocycles. The van der Waals surface area contributed by atoms with E-state index in [-0.39, 0.29) is 23.0 Å². The molecule has 2 aliphatic rings. The van der Waals surface area contributed by atoms with Crippen LogP contribution in [0.1, 0.15) is 59.3 Å². The zero-order valence-corrected chi connectivity index (χ0v) is 11.8. The number of carbonyl (C=O) groups is 1. The van der Waals surface area contributed by atoms with Crippen molar-refractivity contribution in [2.24, 2.45) is 5.92 Å². The normalized spacial score (nSPS) is 33.4. The van der Waals surface area contributed by atoms with Crippen molar-refractivity contribution >= 4 is 5.97 Å². The van der Waals surface area contributed by atoms with E-state index in [9.17, 15) is 4.79 Å². The van der Waals surface area contributed by atoms with Crippen molar-refractivity contribution in [1.82, 2.24) is 10.9 Å². The highest BCUT2D eigenvalue weighted by Gasteiger charge is 2.37. The number of hydrazine groups is 1. The summed E-state index contributed by atoms with van der Waals surface area (Å²) in [5, 5.41) is 0. The van der Waals surface area contributed by atoms with Crippen molar-refractivity contribution in [2.45, 2.75) is 70.4 Å². The van der Waals surface area contributed by atoms with Crippen molar-refractivity contribution in [1.29, 1.82) is 0 Å². The molecule has 4 heteroatoms. The van der Waals surface area contributed by atoms with Gasteiger partial charge < -0.3 is 4.74 Å². The molecule has 0 amide bonds. The van der Waals surface area contributed by atoms with Crippen LogP contribution < -0.4 is 10.9 Å². The minimum atomic E-state index is -0.367. The molecule has 2 fully saturated rings. The molecular weight excluding hydrogens is 228 g/mol. The van der Waals surface area contributed by atoms with Crippen LogP contribution in [0.15, 0.2) is 0 Å². The first-order chi connectivity index (χ1) is 8.40. The molecule has 1 saturated heterocycles. The maximum Gasteiger partial charge on any atom is 0.309 e. The smallest absolute Gasteiger partial charge is 0.309 e. The number of ether oxygens (including phenoxy) is 1. The average Bonchev–Trinajstić information content (AvgIpc) is 2.57. The van der Waals surface area contributed by atoms with Gasteiger partial charge in [-0.15, -0.1) is 0 Å². The minimum Gasteiger partial charge on any atom is -0.460 e. The van der Waals surface area contributed by atoms with Crippen LogP contribution in [0.5, 0.6) is 0 Å². The molecule has 104 valence electrons. The largest absolute Gasteiger partial charge is 0.460 e. The minimum absolute atomic E-state index is 0.00879. The zero-order valence-electron chi connectivity index (χ0n) is 11.8. The van der Waals surface area contributed by atoms with Gasteiger partial charge in [-0.2, -0.15) is 0 Å². The van der Waals surface area contributed by atoms with Gasteiger partial charge in [0, 0.05) is 12.1 Å². The molecule has 0 aromatic heterocycles. The van der Waals surface area contributed by atoms with Crippen molar-refractivity contribution in [2.75, 3.05) is 6.54 Å². The van der Waals surface area contributed by atoms with Gasteiger partial charge in [0.05, 0.1) is 5.92 Å². The second-order valence-corrected chi connectivity index (χ2v) is 6.74. The summed E-state index contributed by atoms with van der Waals surface area (Å²) >= 11 is 0. The third kappa shape index (κ3) is 3.45. The Morgan fingerprint density at radius 1 is 1.22 bits per heavy atom. The molecule has 0 aromatic carbocycles. The second-order valence-electron chi connectivity index (χ2n) is 6.74. The van der Waals surface area contributed by atoms with E-state index in [2.05, 4.69) is 10.9 Å². The van der Waals surface area contributed by atoms with E-state index in [1.54, 1.807) is 0 Å². The predicted octanol–water partition coefficient (Wildman–Crippen LogP) is 2.15. The van der Waals surface area contributed by atoms with Gasteiger partial charge in [-0.1, -0.05) is 6.42 Å². The number of esters is 1. The molecule has 2 unspecified atom stereocenters. The Bertz CT molecular complexity index is 303. The zero-order chi connectivity index (χ0) is 13.2. The summed E-state index contributed by atoms with van der Waals surface area (Å²) < 4.78 is 5.51. The molecule has 4 nitrogen and oxygen atoms in total. The highest BCUT2D eigenvalue weighted by atomic mass is 16.6. The lowest BCUT2D eigenvalue weighted by atomic mass is 9.88. The lowest BCUT2D eigenvalue weighted by Gasteiger charge is -2.27. The number of rotatable bonds is 1. The first kappa shape index (κ1) is 13.8. The van der Waals surface area contributed by atoms with Gasteiger partial charge in [0.25, 0.3) is 0 Å². The fourth-order valence-corrected chi connectivity index (χ4v) is 3.02. The van der Waals surface area contributed by atoms with Crippen LogP contribution in [0.3, 0.4) is 0 Å². The van der Waals surface area contributed by atoms with Crippen LogP contribution in [-0.4, -0.2) is 23.7 Å². The molecule has 0 aromatic rings. The Morgan fingerprint density at radius 2 is 2.00 bits per heavy atom. The van der Waals surface area contributed by atoms with Crippen LogP contribution in [0.25, 0.3) is 0 Å². The Balaban J connectivity index is 1.90. The third-order valence-corrected chi connectivity index (χ3v) is 4.00. The lowest BCUT2D eigenvalue weighted by Crippen LogP contribution is -2.43. The molecule has 2 atom stereocenters. The molecule has 2 rings (SSSR count). The van der Waals surface area contributed by atoms with Crippen LogP contribution in [0, 0.1) is 5.92 Å². The van der Waals surface area contributed by atoms with Gasteiger partial charge in [-0.05, 0) is 52.9 Å². The van der Waals surface area contributed by atoms with Crippen LogP contribution in [0.2, 0.25) is 0 Å². The summed E-state index contributed by atoms with van der Waals surface area (Å²) in [6, 6.07) is 0. The van der Waals surface area contributed by atoms with Crippen molar-refractivity contribution in [3.05, 3.63) is 0 Å². The fraction of sp³-hybridized carbons (Fsp3) is 0.929. The highest BCUT2D eigenvalue weighted by molar-refractivity contribution is 5.72. The summed E-state index contributed by atoms with van der Waals surface area (Å²) in [6.07, 6.45) is 6.44. The fourth-order valence-electron chi connectivity index (χ4n) is 3.02. The van der Waals surface area contributed by atoms with Gasteiger partial charge in [0.2, 0.25) is 0 Å². The number of carbonyl (C=O) groups excluding carboxylic acids is 1. The van der Waals surface area contributed by atoms with E-state index in [0.717, 1.165) is 32.2 Å². The van der Waals surface area contributed by atoms with Gasteiger partial charge in [-0.3, -0.25) is 15.6 Å². The Morgan fingerprint density at radius 3 is 2.61 bits per heavy atom. The van der Waals surface area contributed by atoms with Gasteiger partial charge in [-0.25, -0.2) is 0 Å². The van der Waals surface area contributed by atoms with E-state index >= 15 is 0 Å². The monoisotopic (exact) mass is 254 g/mol. The van der Waals surface area contributed by atoms with Crippen molar-refractivity contribution in [3.63, 3.8) is 0 Å². The van der Waals surface area contributed by atoms with Crippen molar-refractivity contribution in [3.8, 4) is 0 Å².